The lowest BCUT2D eigenvalue weighted by molar-refractivity contribution is 0.436. The second-order valence-corrected chi connectivity index (χ2v) is 9.25. The maximum Gasteiger partial charge on any atom is 0.0595 e. The fourth-order valence-corrected chi connectivity index (χ4v) is 5.30. The molecule has 0 amide bonds. The van der Waals surface area contributed by atoms with Gasteiger partial charge in [0, 0.05) is 12.3 Å². The van der Waals surface area contributed by atoms with Gasteiger partial charge in [-0.1, -0.05) is 65.5 Å². The third kappa shape index (κ3) is 4.42. The van der Waals surface area contributed by atoms with E-state index in [1.54, 1.807) is 23.1 Å². The van der Waals surface area contributed by atoms with Gasteiger partial charge >= 0.3 is 0 Å². The molecule has 0 radical (unpaired) electrons. The Bertz CT molecular complexity index is 760. The predicted molar refractivity (Wildman–Crippen MR) is 114 cm³/mol. The standard InChI is InChI=1S/C22H25Cl2NS/c23-21-10-5-15(13-22(21)24)14-26-25-12-11-17-8-9-19(16-6-7-16)20-4-2-1-3-18(17)20/h1-5,10,13,16-17,19,25H,6-9,11-12,14H2. The number of hydrogen-bond donors (Lipinski definition) is 1. The summed E-state index contributed by atoms with van der Waals surface area (Å²) in [6.07, 6.45) is 6.82. The van der Waals surface area contributed by atoms with E-state index in [9.17, 15) is 0 Å². The summed E-state index contributed by atoms with van der Waals surface area (Å²) < 4.78 is 3.53. The highest BCUT2D eigenvalue weighted by Gasteiger charge is 2.36. The molecular weight excluding hydrogens is 381 g/mol. The molecular formula is C22H25Cl2NS. The Morgan fingerprint density at radius 3 is 2.50 bits per heavy atom. The van der Waals surface area contributed by atoms with Gasteiger partial charge in [-0.3, -0.25) is 4.72 Å². The Morgan fingerprint density at radius 2 is 1.73 bits per heavy atom. The zero-order chi connectivity index (χ0) is 17.9. The van der Waals surface area contributed by atoms with E-state index in [4.69, 9.17) is 23.2 Å². The number of nitrogens with one attached hydrogen (secondary N) is 1. The molecule has 138 valence electrons. The molecule has 2 atom stereocenters. The number of hydrogen-bond acceptors (Lipinski definition) is 2. The van der Waals surface area contributed by atoms with Crippen molar-refractivity contribution in [2.24, 2.45) is 5.92 Å². The maximum absolute atomic E-state index is 6.08. The van der Waals surface area contributed by atoms with Gasteiger partial charge in [-0.2, -0.15) is 0 Å². The smallest absolute Gasteiger partial charge is 0.0595 e. The summed E-state index contributed by atoms with van der Waals surface area (Å²) in [6.45, 7) is 1.04. The Labute approximate surface area is 171 Å². The molecule has 1 N–H and O–H groups in total. The van der Waals surface area contributed by atoms with Gasteiger partial charge in [0.25, 0.3) is 0 Å². The molecule has 2 aliphatic carbocycles. The van der Waals surface area contributed by atoms with E-state index in [0.717, 1.165) is 24.1 Å². The van der Waals surface area contributed by atoms with Crippen LogP contribution in [0.2, 0.25) is 10.0 Å². The van der Waals surface area contributed by atoms with Crippen molar-refractivity contribution in [2.75, 3.05) is 6.54 Å². The zero-order valence-corrected chi connectivity index (χ0v) is 17.2. The lowest BCUT2D eigenvalue weighted by Crippen LogP contribution is -2.19. The van der Waals surface area contributed by atoms with Crippen molar-refractivity contribution in [3.63, 3.8) is 0 Å². The molecule has 1 saturated carbocycles. The van der Waals surface area contributed by atoms with E-state index in [0.29, 0.717) is 16.0 Å². The van der Waals surface area contributed by atoms with Crippen molar-refractivity contribution in [1.29, 1.82) is 0 Å². The second-order valence-electron chi connectivity index (χ2n) is 7.57. The first-order valence-corrected chi connectivity index (χ1v) is 11.3. The SMILES string of the molecule is Clc1ccc(CSNCCC2CCC(C3CC3)c3ccccc32)cc1Cl. The van der Waals surface area contributed by atoms with Crippen molar-refractivity contribution < 1.29 is 0 Å². The minimum absolute atomic E-state index is 0.619. The van der Waals surface area contributed by atoms with E-state index >= 15 is 0 Å². The van der Waals surface area contributed by atoms with Gasteiger partial charge in [0.2, 0.25) is 0 Å². The molecule has 1 fully saturated rings. The van der Waals surface area contributed by atoms with Crippen molar-refractivity contribution in [3.05, 3.63) is 69.2 Å². The first-order valence-electron chi connectivity index (χ1n) is 9.60. The zero-order valence-electron chi connectivity index (χ0n) is 14.9. The van der Waals surface area contributed by atoms with Gasteiger partial charge in [0.05, 0.1) is 10.0 Å². The molecule has 2 aliphatic rings. The summed E-state index contributed by atoms with van der Waals surface area (Å²) in [4.78, 5) is 0. The van der Waals surface area contributed by atoms with Crippen LogP contribution < -0.4 is 4.72 Å². The Hall–Kier alpha value is -0.670. The average molecular weight is 406 g/mol. The van der Waals surface area contributed by atoms with Crippen LogP contribution in [0.3, 0.4) is 0 Å². The fourth-order valence-electron chi connectivity index (χ4n) is 4.27. The van der Waals surface area contributed by atoms with E-state index in [2.05, 4.69) is 29.0 Å². The second kappa shape index (κ2) is 8.56. The van der Waals surface area contributed by atoms with Crippen LogP contribution in [0.5, 0.6) is 0 Å². The number of halogens is 2. The van der Waals surface area contributed by atoms with Gasteiger partial charge < -0.3 is 0 Å². The highest BCUT2D eigenvalue weighted by molar-refractivity contribution is 7.96. The van der Waals surface area contributed by atoms with Crippen molar-refractivity contribution in [1.82, 2.24) is 4.72 Å². The average Bonchev–Trinajstić information content (AvgIpc) is 3.49. The van der Waals surface area contributed by atoms with Crippen LogP contribution in [0, 0.1) is 5.92 Å². The van der Waals surface area contributed by atoms with Gasteiger partial charge in [-0.05, 0) is 78.7 Å². The summed E-state index contributed by atoms with van der Waals surface area (Å²) in [5.41, 5.74) is 4.47. The largest absolute Gasteiger partial charge is 0.264 e. The van der Waals surface area contributed by atoms with Gasteiger partial charge in [0.15, 0.2) is 0 Å². The molecule has 4 rings (SSSR count). The van der Waals surface area contributed by atoms with E-state index in [1.165, 1.54) is 37.7 Å². The maximum atomic E-state index is 6.08. The fraction of sp³-hybridized carbons (Fsp3) is 0.455. The number of rotatable bonds is 7. The van der Waals surface area contributed by atoms with E-state index in [-0.39, 0.29) is 0 Å². The molecule has 0 aliphatic heterocycles. The van der Waals surface area contributed by atoms with E-state index < -0.39 is 0 Å². The highest BCUT2D eigenvalue weighted by atomic mass is 35.5. The summed E-state index contributed by atoms with van der Waals surface area (Å²) in [5.74, 6) is 3.41. The van der Waals surface area contributed by atoms with Crippen LogP contribution in [-0.2, 0) is 5.75 Å². The normalized spacial score (nSPS) is 22.2. The number of benzene rings is 2. The summed E-state index contributed by atoms with van der Waals surface area (Å²) in [6, 6.07) is 15.1. The minimum Gasteiger partial charge on any atom is -0.264 e. The highest BCUT2D eigenvalue weighted by Crippen LogP contribution is 2.51. The molecule has 0 spiro atoms. The molecule has 2 aromatic rings. The Kier molecular flexibility index (Phi) is 6.15. The Morgan fingerprint density at radius 1 is 0.923 bits per heavy atom. The molecule has 1 nitrogen and oxygen atoms in total. The quantitative estimate of drug-likeness (QED) is 0.386. The lowest BCUT2D eigenvalue weighted by atomic mass is 9.74. The first kappa shape index (κ1) is 18.7. The van der Waals surface area contributed by atoms with Crippen molar-refractivity contribution >= 4 is 35.1 Å². The predicted octanol–water partition coefficient (Wildman–Crippen LogP) is 7.19. The van der Waals surface area contributed by atoms with Crippen molar-refractivity contribution in [2.45, 2.75) is 49.7 Å². The Balaban J connectivity index is 1.27. The molecule has 0 saturated heterocycles. The summed E-state index contributed by atoms with van der Waals surface area (Å²) >= 11 is 13.8. The molecule has 2 unspecified atom stereocenters. The molecule has 2 aromatic carbocycles. The summed E-state index contributed by atoms with van der Waals surface area (Å²) in [5, 5.41) is 1.25. The van der Waals surface area contributed by atoms with Crippen molar-refractivity contribution in [3.8, 4) is 0 Å². The van der Waals surface area contributed by atoms with E-state index in [1.807, 2.05) is 18.2 Å². The number of fused-ring (bicyclic) bond motifs is 1. The first-order chi connectivity index (χ1) is 12.7. The molecule has 0 bridgehead atoms. The molecule has 26 heavy (non-hydrogen) atoms. The van der Waals surface area contributed by atoms with Crippen LogP contribution in [-0.4, -0.2) is 6.54 Å². The molecule has 0 heterocycles. The van der Waals surface area contributed by atoms with Crippen LogP contribution in [0.4, 0.5) is 0 Å². The van der Waals surface area contributed by atoms with Crippen LogP contribution in [0.1, 0.15) is 60.6 Å². The third-order valence-corrected chi connectivity index (χ3v) is 7.40. The van der Waals surface area contributed by atoms with Crippen LogP contribution in [0.25, 0.3) is 0 Å². The monoisotopic (exact) mass is 405 g/mol. The van der Waals surface area contributed by atoms with Crippen LogP contribution >= 0.6 is 35.1 Å². The minimum atomic E-state index is 0.619. The lowest BCUT2D eigenvalue weighted by Gasteiger charge is -2.32. The topological polar surface area (TPSA) is 12.0 Å². The molecule has 4 heteroatoms. The van der Waals surface area contributed by atoms with Gasteiger partial charge in [-0.15, -0.1) is 0 Å². The van der Waals surface area contributed by atoms with Crippen LogP contribution in [0.15, 0.2) is 42.5 Å². The van der Waals surface area contributed by atoms with Gasteiger partial charge in [-0.25, -0.2) is 0 Å². The third-order valence-electron chi connectivity index (χ3n) is 5.77. The molecule has 0 aromatic heterocycles. The summed E-state index contributed by atoms with van der Waals surface area (Å²) in [7, 11) is 0. The van der Waals surface area contributed by atoms with Gasteiger partial charge in [0.1, 0.15) is 0 Å².